The van der Waals surface area contributed by atoms with Crippen molar-refractivity contribution in [2.24, 2.45) is 0 Å². The minimum absolute atomic E-state index is 0.0255. The van der Waals surface area contributed by atoms with Crippen molar-refractivity contribution in [3.8, 4) is 66.8 Å². The molecule has 0 radical (unpaired) electrons. The minimum atomic E-state index is -1.17. The number of hydrogen-bond donors (Lipinski definition) is 0. The van der Waals surface area contributed by atoms with Crippen molar-refractivity contribution in [1.29, 1.82) is 0 Å². The largest absolute Gasteiger partial charge is 0.455 e. The highest BCUT2D eigenvalue weighted by Gasteiger charge is 2.25. The molecule has 0 amide bonds. The van der Waals surface area contributed by atoms with E-state index in [1.54, 1.807) is 30.3 Å². The van der Waals surface area contributed by atoms with Crippen LogP contribution in [-0.2, 0) is 0 Å². The maximum absolute atomic E-state index is 10.6. The van der Waals surface area contributed by atoms with E-state index >= 15 is 0 Å². The van der Waals surface area contributed by atoms with E-state index in [0.717, 1.165) is 16.2 Å². The summed E-state index contributed by atoms with van der Waals surface area (Å²) in [6.07, 6.45) is 0. The fraction of sp³-hybridized carbons (Fsp3) is 0. The summed E-state index contributed by atoms with van der Waals surface area (Å²) in [7, 11) is 0. The summed E-state index contributed by atoms with van der Waals surface area (Å²) in [5.74, 6) is 0. The Morgan fingerprint density at radius 3 is 1.18 bits per heavy atom. The van der Waals surface area contributed by atoms with Crippen LogP contribution in [0.1, 0.15) is 65.8 Å². The van der Waals surface area contributed by atoms with Crippen LogP contribution in [0.5, 0.6) is 0 Å². The topological polar surface area (TPSA) is 26.3 Å². The van der Waals surface area contributed by atoms with Gasteiger partial charge < -0.3 is 8.83 Å². The normalized spacial score (nSPS) is 18.5. The lowest BCUT2D eigenvalue weighted by Gasteiger charge is -2.19. The SMILES string of the molecule is [2H]c1c([2H])c(-c2c([2H])c([2H])c([2H])c3oc4c5c([2H])c([2H])c([2H])c([2H])c5c([2H])c([2H])c4c23)c(-c2c([2H])c([2H])c3c([2H])c([2H])c4c([2H])c([2H])c([2H])c5c([2H])c([2H])c2c3c45)c([2H])c1-c1c([2H])c([2H])c2c([2H])c([2H])c3c([2H])c([2H])c([2H])c4c([2H])c([2H])c1c2c34.[2H]c1c([2H])c2c([2H])c([2H])c3c([2H])c([2H])c(-c4ccc(-c5cccc6oc7c8ccccc8ccc7c56)c(-c5c([2H])c([2H])c6c([2H])c([2H])c7c([2H])c([2H])c([2H])c8c([2H])c([2H])c5c6c78)c4)c4c([2H])c([2H])c(c1[2H])c2c34. The second-order valence-electron chi connectivity index (χ2n) is 26.5. The molecule has 26 aromatic rings. The summed E-state index contributed by atoms with van der Waals surface area (Å²) in [4.78, 5) is 0. The summed E-state index contributed by atoms with van der Waals surface area (Å²) >= 11 is 0. The van der Waals surface area contributed by atoms with E-state index in [-0.39, 0.29) is 92.3 Å². The molecule has 0 aliphatic rings. The Hall–Kier alpha value is -14.4. The van der Waals surface area contributed by atoms with Crippen LogP contribution >= 0.6 is 0 Å². The Labute approximate surface area is 697 Å². The van der Waals surface area contributed by atoms with E-state index in [4.69, 9.17) is 39.0 Å². The third kappa shape index (κ3) is 8.47. The van der Waals surface area contributed by atoms with Gasteiger partial charge in [0.15, 0.2) is 0 Å². The monoisotopic (exact) mass is 1440 g/mol. The van der Waals surface area contributed by atoms with Crippen LogP contribution in [0.15, 0.2) is 372 Å². The lowest BCUT2D eigenvalue weighted by molar-refractivity contribution is 0.672. The van der Waals surface area contributed by atoms with Crippen molar-refractivity contribution >= 4 is 195 Å². The van der Waals surface area contributed by atoms with Crippen LogP contribution in [0.3, 0.4) is 0 Å². The molecule has 24 aromatic carbocycles. The first-order chi connectivity index (χ1) is 74.6. The van der Waals surface area contributed by atoms with Crippen molar-refractivity contribution < 1.29 is 74.6 Å². The zero-order chi connectivity index (χ0) is 113. The molecule has 0 saturated carbocycles. The molecule has 2 heteroatoms. The molecule has 0 aliphatic carbocycles. The van der Waals surface area contributed by atoms with E-state index < -0.39 is 415 Å². The summed E-state index contributed by atoms with van der Waals surface area (Å²) in [5.41, 5.74) is -4.54. The maximum Gasteiger partial charge on any atom is 0.143 e. The van der Waals surface area contributed by atoms with Gasteiger partial charge in [0.05, 0.1) is 65.8 Å². The molecule has 0 bridgehead atoms. The zero-order valence-corrected chi connectivity index (χ0v) is 55.7. The fourth-order valence-corrected chi connectivity index (χ4v) is 16.0. The van der Waals surface area contributed by atoms with E-state index in [2.05, 4.69) is 0 Å². The number of benzene rings is 24. The summed E-state index contributed by atoms with van der Waals surface area (Å²) in [5, 5.41) is -6.83. The van der Waals surface area contributed by atoms with Crippen molar-refractivity contribution in [2.45, 2.75) is 0 Å². The van der Waals surface area contributed by atoms with Gasteiger partial charge in [0.25, 0.3) is 0 Å². The zero-order valence-electron chi connectivity index (χ0n) is 104. The Balaban J connectivity index is 0.000000163. The van der Waals surface area contributed by atoms with E-state index in [1.165, 1.54) is 0 Å². The first-order valence-corrected chi connectivity index (χ1v) is 34.3. The highest BCUT2D eigenvalue weighted by molar-refractivity contribution is 6.32. The number of furan rings is 2. The molecule has 26 rings (SSSR count). The summed E-state index contributed by atoms with van der Waals surface area (Å²) in [6.45, 7) is 0. The average Bonchev–Trinajstić information content (AvgIpc) is 0.922. The predicted molar refractivity (Wildman–Crippen MR) is 470 cm³/mol. The highest BCUT2D eigenvalue weighted by atomic mass is 16.3. The quantitative estimate of drug-likeness (QED) is 0.155. The van der Waals surface area contributed by atoms with Gasteiger partial charge in [0.2, 0.25) is 0 Å². The number of hydrogen-bond acceptors (Lipinski definition) is 2. The van der Waals surface area contributed by atoms with Gasteiger partial charge >= 0.3 is 0 Å². The second-order valence-corrected chi connectivity index (χ2v) is 26.5. The van der Waals surface area contributed by atoms with Gasteiger partial charge in [-0.1, -0.05) is 327 Å². The van der Waals surface area contributed by atoms with E-state index in [9.17, 15) is 35.6 Å². The van der Waals surface area contributed by atoms with Gasteiger partial charge in [-0.3, -0.25) is 0 Å². The first kappa shape index (κ1) is 30.4. The highest BCUT2D eigenvalue weighted by Crippen LogP contribution is 2.52. The first-order valence-electron chi connectivity index (χ1n) is 58.3. The second kappa shape index (κ2) is 22.6. The molecule has 0 unspecified atom stereocenters. The Morgan fingerprint density at radius 1 is 0.173 bits per heavy atom. The van der Waals surface area contributed by atoms with Gasteiger partial charge in [-0.05, 0) is 243 Å². The fourth-order valence-electron chi connectivity index (χ4n) is 16.0. The molecule has 0 N–H and O–H groups in total. The molecule has 0 saturated heterocycles. The molecule has 0 atom stereocenters. The third-order valence-corrected chi connectivity index (χ3v) is 20.8. The van der Waals surface area contributed by atoms with Crippen LogP contribution in [0, 0.1) is 0 Å². The number of fused-ring (bicyclic) bond motifs is 10. The Morgan fingerprint density at radius 2 is 0.600 bits per heavy atom. The van der Waals surface area contributed by atoms with Gasteiger partial charge in [-0.25, -0.2) is 0 Å². The molecular formula is C108H60O2. The van der Waals surface area contributed by atoms with Gasteiger partial charge in [-0.2, -0.15) is 0 Å². The molecule has 0 aliphatic heterocycles. The molecule has 2 nitrogen and oxygen atoms in total. The van der Waals surface area contributed by atoms with Crippen molar-refractivity contribution in [3.05, 3.63) is 363 Å². The smallest absolute Gasteiger partial charge is 0.143 e. The Bertz CT molecular complexity index is 11400. The van der Waals surface area contributed by atoms with Crippen molar-refractivity contribution in [2.75, 3.05) is 0 Å². The predicted octanol–water partition coefficient (Wildman–Crippen LogP) is 31.1. The van der Waals surface area contributed by atoms with Crippen LogP contribution in [0.2, 0.25) is 0 Å². The standard InChI is InChI=1S/2C54H30O/c2*1-2-11-40-31(6-1)18-29-46-53-43(12-5-13-48(53)55-54(40)46)41-26-23-38(39-24-19-36-16-14-32-7-3-9-34-21-27-44(39)51(36)49(32)34)30-47(41)42-25-20-37-17-15-33-8-4-10-35-22-28-45(42)52(37)50(33)35/h2*1-30H/i1D,2D,3D,4D,5D,6D,7D,8D,9D,10D,11D,12D,13D,14D,15D,16D,17D,18D,19D,20D,21D,22D,23D,24D,25D,26D,27D,28D,29D,30D;3D,4D,7D,8D,9D,10D,14D,15D,16D,17D,19D,20D,21D,22D,24D,25D,27D,28D. The third-order valence-electron chi connectivity index (χ3n) is 20.8. The molecule has 0 spiro atoms. The molecule has 2 aromatic heterocycles. The molecule has 504 valence electrons. The maximum atomic E-state index is 10.6. The Kier molecular flexibility index (Phi) is 6.24. The molecule has 0 fully saturated rings. The molecule has 2 heterocycles. The van der Waals surface area contributed by atoms with E-state index in [0.29, 0.717) is 27.7 Å². The van der Waals surface area contributed by atoms with E-state index in [1.807, 2.05) is 42.5 Å². The molecule has 110 heavy (non-hydrogen) atoms. The lowest BCUT2D eigenvalue weighted by atomic mass is 9.84. The number of rotatable bonds is 6. The van der Waals surface area contributed by atoms with Gasteiger partial charge in [-0.15, -0.1) is 0 Å². The average molecular weight is 1440 g/mol. The van der Waals surface area contributed by atoms with Gasteiger partial charge in [0.1, 0.15) is 22.3 Å². The van der Waals surface area contributed by atoms with Crippen LogP contribution in [0.4, 0.5) is 0 Å². The van der Waals surface area contributed by atoms with Crippen LogP contribution in [-0.4, -0.2) is 0 Å². The summed E-state index contributed by atoms with van der Waals surface area (Å²) < 4.78 is 457. The van der Waals surface area contributed by atoms with Crippen LogP contribution < -0.4 is 0 Å². The minimum Gasteiger partial charge on any atom is -0.455 e. The lowest BCUT2D eigenvalue weighted by Crippen LogP contribution is -1.92. The van der Waals surface area contributed by atoms with Crippen molar-refractivity contribution in [1.82, 2.24) is 0 Å². The van der Waals surface area contributed by atoms with Crippen LogP contribution in [0.25, 0.3) is 261 Å². The summed E-state index contributed by atoms with van der Waals surface area (Å²) in [6, 6.07) is -14.9. The van der Waals surface area contributed by atoms with Crippen molar-refractivity contribution in [3.63, 3.8) is 0 Å². The van der Waals surface area contributed by atoms with Gasteiger partial charge in [0, 0.05) is 32.3 Å². The molecular weight excluding hydrogens is 1330 g/mol.